The fourth-order valence-corrected chi connectivity index (χ4v) is 2.31. The normalized spacial score (nSPS) is 12.1. The molecule has 0 spiro atoms. The summed E-state index contributed by atoms with van der Waals surface area (Å²) in [6.07, 6.45) is -4.55. The van der Waals surface area contributed by atoms with Crippen molar-refractivity contribution >= 4 is 17.9 Å². The summed E-state index contributed by atoms with van der Waals surface area (Å²) in [7, 11) is 0. The predicted octanol–water partition coefficient (Wildman–Crippen LogP) is -1.59. The molecule has 0 amide bonds. The van der Waals surface area contributed by atoms with Gasteiger partial charge in [-0.05, 0) is 16.7 Å². The van der Waals surface area contributed by atoms with E-state index in [-0.39, 0.29) is 41.7 Å². The van der Waals surface area contributed by atoms with Gasteiger partial charge in [-0.2, -0.15) is 0 Å². The maximum absolute atomic E-state index is 10.1. The van der Waals surface area contributed by atoms with Gasteiger partial charge in [-0.1, -0.05) is 91.0 Å². The van der Waals surface area contributed by atoms with Gasteiger partial charge in [0, 0.05) is 0 Å². The molecule has 0 heterocycles. The fourth-order valence-electron chi connectivity index (χ4n) is 2.31. The van der Waals surface area contributed by atoms with Crippen LogP contribution in [0.4, 0.5) is 0 Å². The molecule has 3 rings (SSSR count). The molecule has 10 heteroatoms. The Balaban J connectivity index is 0.000000473. The first-order chi connectivity index (χ1) is 15.6. The number of carboxylic acids is 3. The number of carboxylic acid groups (broad SMARTS) is 3. The van der Waals surface area contributed by atoms with Crippen molar-refractivity contribution in [1.29, 1.82) is 0 Å². The second-order valence-electron chi connectivity index (χ2n) is 6.40. The summed E-state index contributed by atoms with van der Waals surface area (Å²) in [5, 5.41) is 57.2. The van der Waals surface area contributed by atoms with E-state index in [4.69, 9.17) is 15.3 Å². The number of carbonyl (C=O) groups is 3. The van der Waals surface area contributed by atoms with Gasteiger partial charge in [-0.15, -0.1) is 0 Å². The Morgan fingerprint density at radius 2 is 0.647 bits per heavy atom. The minimum Gasteiger partial charge on any atom is -0.547 e. The van der Waals surface area contributed by atoms with Crippen LogP contribution in [0.5, 0.6) is 0 Å². The van der Waals surface area contributed by atoms with Crippen molar-refractivity contribution in [1.82, 2.24) is 0 Å². The van der Waals surface area contributed by atoms with Crippen molar-refractivity contribution in [2.24, 2.45) is 0 Å². The van der Waals surface area contributed by atoms with Crippen LogP contribution in [0, 0.1) is 41.7 Å². The predicted molar refractivity (Wildman–Crippen MR) is 109 cm³/mol. The molecule has 3 aromatic rings. The Bertz CT molecular complexity index is 867. The zero-order valence-electron chi connectivity index (χ0n) is 17.7. The quantitative estimate of drug-likeness (QED) is 0.304. The fraction of sp³-hybridized carbons (Fsp3) is 0.125. The Morgan fingerprint density at radius 1 is 0.471 bits per heavy atom. The first-order valence-electron chi connectivity index (χ1n) is 9.46. The number of aliphatic carboxylic acids is 3. The van der Waals surface area contributed by atoms with Crippen LogP contribution in [0.3, 0.4) is 0 Å². The van der Waals surface area contributed by atoms with Gasteiger partial charge >= 0.3 is 41.7 Å². The standard InChI is InChI=1S/3C8H8O3.Ce/c3*9-7(8(10)11)6-4-2-1-3-5-6;/h3*1-5,7,9H,(H,10,11);/q;;;+3/p-3. The molecular formula is C24H21CeO9. The molecule has 0 fully saturated rings. The van der Waals surface area contributed by atoms with E-state index in [1.165, 1.54) is 36.4 Å². The molecule has 3 aromatic carbocycles. The van der Waals surface area contributed by atoms with Gasteiger partial charge in [0.15, 0.2) is 0 Å². The van der Waals surface area contributed by atoms with Crippen LogP contribution >= 0.6 is 0 Å². The number of carbonyl (C=O) groups excluding carboxylic acids is 3. The summed E-state index contributed by atoms with van der Waals surface area (Å²) in [6.45, 7) is 0. The van der Waals surface area contributed by atoms with Crippen molar-refractivity contribution in [3.63, 3.8) is 0 Å². The number of hydrogen-bond acceptors (Lipinski definition) is 9. The van der Waals surface area contributed by atoms with Gasteiger partial charge in [0.1, 0.15) is 18.3 Å². The molecule has 0 aliphatic heterocycles. The van der Waals surface area contributed by atoms with Crippen LogP contribution in [0.15, 0.2) is 91.0 Å². The summed E-state index contributed by atoms with van der Waals surface area (Å²) < 4.78 is 0. The minimum atomic E-state index is -1.52. The van der Waals surface area contributed by atoms with Gasteiger partial charge in [0.05, 0.1) is 17.9 Å². The summed E-state index contributed by atoms with van der Waals surface area (Å²) in [5.41, 5.74) is 1.02. The molecule has 0 aliphatic rings. The van der Waals surface area contributed by atoms with Crippen LogP contribution in [-0.2, 0) is 14.4 Å². The minimum absolute atomic E-state index is 0. The summed E-state index contributed by atoms with van der Waals surface area (Å²) in [4.78, 5) is 30.4. The van der Waals surface area contributed by atoms with Gasteiger partial charge in [0.25, 0.3) is 0 Å². The van der Waals surface area contributed by atoms with E-state index >= 15 is 0 Å². The largest absolute Gasteiger partial charge is 3.00 e. The second kappa shape index (κ2) is 16.9. The summed E-state index contributed by atoms with van der Waals surface area (Å²) in [5.74, 6) is -4.43. The zero-order chi connectivity index (χ0) is 24.8. The first kappa shape index (κ1) is 31.3. The molecule has 0 saturated carbocycles. The van der Waals surface area contributed by atoms with Gasteiger partial charge in [0.2, 0.25) is 0 Å². The monoisotopic (exact) mass is 593 g/mol. The maximum atomic E-state index is 10.1. The van der Waals surface area contributed by atoms with Crippen molar-refractivity contribution in [3.05, 3.63) is 108 Å². The van der Waals surface area contributed by atoms with Crippen LogP contribution in [0.2, 0.25) is 0 Å². The second-order valence-corrected chi connectivity index (χ2v) is 6.40. The van der Waals surface area contributed by atoms with E-state index in [0.29, 0.717) is 16.7 Å². The molecule has 3 N–H and O–H groups in total. The van der Waals surface area contributed by atoms with Crippen LogP contribution in [0.1, 0.15) is 35.0 Å². The smallest absolute Gasteiger partial charge is 0.547 e. The van der Waals surface area contributed by atoms with Crippen LogP contribution in [-0.4, -0.2) is 33.2 Å². The van der Waals surface area contributed by atoms with Gasteiger partial charge in [-0.3, -0.25) is 0 Å². The molecular weight excluding hydrogens is 572 g/mol. The average Bonchev–Trinajstić information content (AvgIpc) is 2.84. The Morgan fingerprint density at radius 3 is 0.794 bits per heavy atom. The van der Waals surface area contributed by atoms with E-state index in [1.807, 2.05) is 0 Å². The molecule has 1 radical (unpaired) electrons. The number of rotatable bonds is 6. The summed E-state index contributed by atoms with van der Waals surface area (Å²) in [6, 6.07) is 24.3. The number of aliphatic hydroxyl groups excluding tert-OH is 3. The SMILES string of the molecule is O=C([O-])C(O)c1ccccc1.O=C([O-])C(O)c1ccccc1.O=C([O-])C(O)c1ccccc1.[Ce+3]. The van der Waals surface area contributed by atoms with Gasteiger partial charge < -0.3 is 45.0 Å². The van der Waals surface area contributed by atoms with Crippen molar-refractivity contribution in [2.75, 3.05) is 0 Å². The third kappa shape index (κ3) is 11.5. The summed E-state index contributed by atoms with van der Waals surface area (Å²) >= 11 is 0. The molecule has 0 aliphatic carbocycles. The molecule has 34 heavy (non-hydrogen) atoms. The molecule has 3 unspecified atom stereocenters. The topological polar surface area (TPSA) is 181 Å². The third-order valence-corrected chi connectivity index (χ3v) is 4.02. The van der Waals surface area contributed by atoms with E-state index in [2.05, 4.69) is 0 Å². The number of hydrogen-bond donors (Lipinski definition) is 3. The average molecular weight is 594 g/mol. The Hall–Kier alpha value is -2.67. The molecule has 0 aromatic heterocycles. The van der Waals surface area contributed by atoms with Gasteiger partial charge in [-0.25, -0.2) is 0 Å². The zero-order valence-corrected chi connectivity index (χ0v) is 20.8. The molecule has 0 bridgehead atoms. The molecule has 9 nitrogen and oxygen atoms in total. The molecule has 175 valence electrons. The molecule has 0 saturated heterocycles. The maximum Gasteiger partial charge on any atom is 3.00 e. The Kier molecular flexibility index (Phi) is 15.5. The van der Waals surface area contributed by atoms with Crippen LogP contribution < -0.4 is 15.3 Å². The number of aliphatic hydroxyl groups is 3. The Labute approximate surface area is 229 Å². The third-order valence-electron chi connectivity index (χ3n) is 4.02. The van der Waals surface area contributed by atoms with E-state index < -0.39 is 36.2 Å². The van der Waals surface area contributed by atoms with Crippen molar-refractivity contribution in [2.45, 2.75) is 18.3 Å². The van der Waals surface area contributed by atoms with E-state index in [1.54, 1.807) is 54.6 Å². The number of benzene rings is 3. The van der Waals surface area contributed by atoms with E-state index in [0.717, 1.165) is 0 Å². The first-order valence-corrected chi connectivity index (χ1v) is 9.46. The van der Waals surface area contributed by atoms with Crippen molar-refractivity contribution < 1.29 is 86.8 Å². The molecule has 3 atom stereocenters. The van der Waals surface area contributed by atoms with Crippen molar-refractivity contribution in [3.8, 4) is 0 Å². The van der Waals surface area contributed by atoms with E-state index in [9.17, 15) is 29.7 Å². The van der Waals surface area contributed by atoms with Crippen LogP contribution in [0.25, 0.3) is 0 Å².